The first kappa shape index (κ1) is 43.2. The Hall–Kier alpha value is -7.13. The van der Waals surface area contributed by atoms with E-state index in [9.17, 15) is 0 Å². The first-order chi connectivity index (χ1) is 33.4. The molecule has 0 atom stereocenters. The largest absolute Gasteiger partial charge is 0.454 e. The number of nitrogens with zero attached hydrogens (tertiary/aromatic N) is 2. The van der Waals surface area contributed by atoms with Crippen LogP contribution in [0, 0.1) is 0 Å². The third kappa shape index (κ3) is 6.90. The molecule has 338 valence electrons. The molecular formula is C63H57N2O2Si2+. The molecule has 10 aromatic carbocycles. The van der Waals surface area contributed by atoms with Crippen molar-refractivity contribution in [2.45, 2.75) is 72.3 Å². The topological polar surface area (TPSA) is 32.8 Å². The molecule has 0 aliphatic carbocycles. The Balaban J connectivity index is 1.20. The summed E-state index contributed by atoms with van der Waals surface area (Å²) in [6, 6.07) is 63.3. The highest BCUT2D eigenvalue weighted by Gasteiger charge is 2.29. The van der Waals surface area contributed by atoms with Gasteiger partial charge in [-0.3, -0.25) is 0 Å². The number of hydrogen-bond acceptors (Lipinski definition) is 4. The fourth-order valence-electron chi connectivity index (χ4n) is 11.0. The fourth-order valence-corrected chi connectivity index (χ4v) is 13.0. The van der Waals surface area contributed by atoms with Gasteiger partial charge < -0.3 is 18.6 Å². The Morgan fingerprint density at radius 3 is 1.23 bits per heavy atom. The van der Waals surface area contributed by atoms with Gasteiger partial charge in [0.1, 0.15) is 11.2 Å². The van der Waals surface area contributed by atoms with Crippen LogP contribution >= 0.6 is 0 Å². The molecule has 0 amide bonds. The highest BCUT2D eigenvalue weighted by Crippen LogP contribution is 2.53. The van der Waals surface area contributed by atoms with Gasteiger partial charge >= 0.3 is 8.80 Å². The maximum Gasteiger partial charge on any atom is 0.345 e. The molecule has 69 heavy (non-hydrogen) atoms. The van der Waals surface area contributed by atoms with Crippen molar-refractivity contribution in [3.8, 4) is 0 Å². The van der Waals surface area contributed by atoms with E-state index in [1.165, 1.54) is 53.8 Å². The quantitative estimate of drug-likeness (QED) is 0.101. The van der Waals surface area contributed by atoms with Crippen LogP contribution in [0.1, 0.15) is 50.7 Å². The summed E-state index contributed by atoms with van der Waals surface area (Å²) in [6.45, 7) is 21.3. The molecule has 12 aromatic rings. The molecular weight excluding hydrogens is 873 g/mol. The van der Waals surface area contributed by atoms with E-state index in [0.717, 1.165) is 78.0 Å². The van der Waals surface area contributed by atoms with E-state index in [1.807, 2.05) is 0 Å². The molecule has 0 aliphatic heterocycles. The highest BCUT2D eigenvalue weighted by molar-refractivity contribution is 6.88. The first-order valence-electron chi connectivity index (χ1n) is 24.6. The fraction of sp³-hybridized carbons (Fsp3) is 0.175. The minimum absolute atomic E-state index is 0.250. The number of anilines is 6. The SMILES string of the molecule is CC(C)c1cc(N(c2ccc([Si+](C)C)cc2)c2cccc3c2oc2ccccc23)c2ccc3c(C(C)C)cc(N(c4ccc([Si](C)(C)C)cc4)c4cccc5c4oc4ccccc45)c4ccc1c2c34. The van der Waals surface area contributed by atoms with Gasteiger partial charge in [0.15, 0.2) is 11.2 Å². The smallest absolute Gasteiger partial charge is 0.345 e. The first-order valence-corrected chi connectivity index (χ1v) is 30.6. The molecule has 0 bridgehead atoms. The zero-order chi connectivity index (χ0) is 47.5. The zero-order valence-corrected chi connectivity index (χ0v) is 43.0. The van der Waals surface area contributed by atoms with Gasteiger partial charge in [0.25, 0.3) is 0 Å². The number of furan rings is 2. The molecule has 0 saturated carbocycles. The Bertz CT molecular complexity index is 3930. The van der Waals surface area contributed by atoms with Gasteiger partial charge in [0.05, 0.1) is 49.1 Å². The monoisotopic (exact) mass is 929 g/mol. The van der Waals surface area contributed by atoms with E-state index in [2.05, 4.69) is 240 Å². The molecule has 6 heteroatoms. The van der Waals surface area contributed by atoms with Crippen LogP contribution in [-0.2, 0) is 0 Å². The summed E-state index contributed by atoms with van der Waals surface area (Å²) < 4.78 is 13.7. The average Bonchev–Trinajstić information content (AvgIpc) is 3.93. The van der Waals surface area contributed by atoms with Gasteiger partial charge in [-0.25, -0.2) is 0 Å². The third-order valence-electron chi connectivity index (χ3n) is 14.6. The summed E-state index contributed by atoms with van der Waals surface area (Å²) in [6.07, 6.45) is 0. The maximum absolute atomic E-state index is 6.88. The van der Waals surface area contributed by atoms with E-state index in [1.54, 1.807) is 0 Å². The van der Waals surface area contributed by atoms with E-state index in [0.29, 0.717) is 0 Å². The number of fused-ring (bicyclic) bond motifs is 6. The molecule has 0 fully saturated rings. The van der Waals surface area contributed by atoms with Crippen molar-refractivity contribution in [1.82, 2.24) is 0 Å². The summed E-state index contributed by atoms with van der Waals surface area (Å²) in [5.74, 6) is 0.501. The van der Waals surface area contributed by atoms with E-state index >= 15 is 0 Å². The molecule has 0 unspecified atom stereocenters. The van der Waals surface area contributed by atoms with Crippen LogP contribution in [0.25, 0.3) is 76.2 Å². The molecule has 2 aromatic heterocycles. The summed E-state index contributed by atoms with van der Waals surface area (Å²) in [5.41, 5.74) is 12.7. The number of para-hydroxylation sites is 4. The minimum atomic E-state index is -1.58. The van der Waals surface area contributed by atoms with Crippen molar-refractivity contribution < 1.29 is 8.83 Å². The summed E-state index contributed by atoms with van der Waals surface area (Å²) in [4.78, 5) is 4.96. The number of rotatable bonds is 10. The van der Waals surface area contributed by atoms with Crippen LogP contribution in [0.5, 0.6) is 0 Å². The van der Waals surface area contributed by atoms with Crippen LogP contribution < -0.4 is 20.2 Å². The van der Waals surface area contributed by atoms with E-state index < -0.39 is 16.9 Å². The minimum Gasteiger partial charge on any atom is -0.454 e. The van der Waals surface area contributed by atoms with Crippen LogP contribution in [0.4, 0.5) is 34.1 Å². The van der Waals surface area contributed by atoms with Gasteiger partial charge in [-0.2, -0.15) is 0 Å². The number of hydrogen-bond donors (Lipinski definition) is 0. The lowest BCUT2D eigenvalue weighted by Crippen LogP contribution is -2.37. The van der Waals surface area contributed by atoms with Crippen LogP contribution in [0.2, 0.25) is 32.7 Å². The highest BCUT2D eigenvalue weighted by atomic mass is 28.3. The standard InChI is InChI=1S/C63H57N2O2Si2/c1-38(2)52-36-56(64(40-24-28-42(29-25-40)68(5)6)54-20-14-18-48-44-16-10-12-22-58(44)66-62(48)54)50-34-32-47-53(39(3)4)37-57(51-35-33-46(52)60(50)61(47)51)65(41-26-30-43(31-27-41)69(7,8)9)55-21-15-19-49-45-17-11-13-23-59(45)67-63(49)55/h10-39H,1-9H3/q+1. The van der Waals surface area contributed by atoms with Gasteiger partial charge in [-0.1, -0.05) is 150 Å². The van der Waals surface area contributed by atoms with E-state index in [4.69, 9.17) is 8.83 Å². The van der Waals surface area contributed by atoms with Crippen molar-refractivity contribution in [2.24, 2.45) is 0 Å². The summed E-state index contributed by atoms with van der Waals surface area (Å²) in [5, 5.41) is 14.9. The predicted octanol–water partition coefficient (Wildman–Crippen LogP) is 18.1. The Kier molecular flexibility index (Phi) is 10.2. The lowest BCUT2D eigenvalue weighted by molar-refractivity contribution is 0.668. The molecule has 2 heterocycles. The maximum atomic E-state index is 6.88. The van der Waals surface area contributed by atoms with Gasteiger partial charge in [-0.05, 0) is 117 Å². The second-order valence-electron chi connectivity index (χ2n) is 20.9. The van der Waals surface area contributed by atoms with Crippen LogP contribution in [0.3, 0.4) is 0 Å². The second kappa shape index (κ2) is 16.3. The normalized spacial score (nSPS) is 12.4. The average molecular weight is 930 g/mol. The van der Waals surface area contributed by atoms with Crippen LogP contribution in [0.15, 0.2) is 179 Å². The molecule has 0 N–H and O–H groups in total. The lowest BCUT2D eigenvalue weighted by atomic mass is 9.84. The Morgan fingerprint density at radius 1 is 0.406 bits per heavy atom. The van der Waals surface area contributed by atoms with Crippen molar-refractivity contribution in [3.05, 3.63) is 181 Å². The van der Waals surface area contributed by atoms with Crippen molar-refractivity contribution in [3.63, 3.8) is 0 Å². The molecule has 4 nitrogen and oxygen atoms in total. The lowest BCUT2D eigenvalue weighted by Gasteiger charge is -2.31. The van der Waals surface area contributed by atoms with Crippen LogP contribution in [-0.4, -0.2) is 16.9 Å². The van der Waals surface area contributed by atoms with Gasteiger partial charge in [0.2, 0.25) is 0 Å². The summed E-state index contributed by atoms with van der Waals surface area (Å²) in [7, 11) is -2.24. The molecule has 0 saturated heterocycles. The molecule has 0 radical (unpaired) electrons. The third-order valence-corrected chi connectivity index (χ3v) is 18.1. The second-order valence-corrected chi connectivity index (χ2v) is 28.5. The molecule has 12 rings (SSSR count). The zero-order valence-electron chi connectivity index (χ0n) is 41.0. The van der Waals surface area contributed by atoms with Crippen molar-refractivity contribution in [1.29, 1.82) is 0 Å². The van der Waals surface area contributed by atoms with Crippen molar-refractivity contribution >= 4 is 138 Å². The van der Waals surface area contributed by atoms with Crippen molar-refractivity contribution in [2.75, 3.05) is 9.80 Å². The molecule has 0 aliphatic rings. The Labute approximate surface area is 407 Å². The summed E-state index contributed by atoms with van der Waals surface area (Å²) >= 11 is 0. The predicted molar refractivity (Wildman–Crippen MR) is 302 cm³/mol. The Morgan fingerprint density at radius 2 is 0.812 bits per heavy atom. The number of benzene rings is 10. The van der Waals surface area contributed by atoms with Gasteiger partial charge in [-0.15, -0.1) is 0 Å². The van der Waals surface area contributed by atoms with Gasteiger partial charge in [0, 0.05) is 43.7 Å². The molecule has 0 spiro atoms. The van der Waals surface area contributed by atoms with E-state index in [-0.39, 0.29) is 11.8 Å².